The van der Waals surface area contributed by atoms with Gasteiger partial charge in [0.1, 0.15) is 0 Å². The average Bonchev–Trinajstić information content (AvgIpc) is 2.84. The number of aromatic nitrogens is 2. The number of aromatic amines is 1. The van der Waals surface area contributed by atoms with Crippen LogP contribution in [0.2, 0.25) is 0 Å². The first-order chi connectivity index (χ1) is 7.27. The van der Waals surface area contributed by atoms with Crippen LogP contribution in [0.15, 0.2) is 6.20 Å². The van der Waals surface area contributed by atoms with Gasteiger partial charge in [0, 0.05) is 12.2 Å². The first kappa shape index (κ1) is 10.2. The Hall–Kier alpha value is -1.36. The van der Waals surface area contributed by atoms with Gasteiger partial charge in [-0.05, 0) is 32.4 Å². The number of H-pyrrole nitrogens is 1. The molecule has 1 aliphatic heterocycles. The Balaban J connectivity index is 1.84. The Bertz CT molecular complexity index is 341. The van der Waals surface area contributed by atoms with Gasteiger partial charge in [-0.15, -0.1) is 0 Å². The van der Waals surface area contributed by atoms with Crippen LogP contribution < -0.4 is 10.6 Å². The summed E-state index contributed by atoms with van der Waals surface area (Å²) in [5.74, 6) is 0.536. The zero-order chi connectivity index (χ0) is 10.7. The van der Waals surface area contributed by atoms with E-state index in [4.69, 9.17) is 0 Å². The molecule has 1 unspecified atom stereocenters. The van der Waals surface area contributed by atoms with Crippen molar-refractivity contribution in [3.05, 3.63) is 17.5 Å². The lowest BCUT2D eigenvalue weighted by Gasteiger charge is -2.09. The quantitative estimate of drug-likeness (QED) is 0.657. The second kappa shape index (κ2) is 4.44. The molecule has 0 spiro atoms. The molecule has 1 aromatic heterocycles. The molecular weight excluding hydrogens is 192 g/mol. The van der Waals surface area contributed by atoms with Crippen molar-refractivity contribution < 1.29 is 4.79 Å². The van der Waals surface area contributed by atoms with Gasteiger partial charge in [-0.3, -0.25) is 9.89 Å². The molecule has 0 bridgehead atoms. The van der Waals surface area contributed by atoms with Crippen molar-refractivity contribution in [2.45, 2.75) is 13.3 Å². The zero-order valence-corrected chi connectivity index (χ0v) is 8.84. The van der Waals surface area contributed by atoms with E-state index in [0.29, 0.717) is 11.5 Å². The maximum Gasteiger partial charge on any atom is 0.254 e. The summed E-state index contributed by atoms with van der Waals surface area (Å²) in [6, 6.07) is 0. The zero-order valence-electron chi connectivity index (χ0n) is 8.84. The summed E-state index contributed by atoms with van der Waals surface area (Å²) in [7, 11) is 0. The van der Waals surface area contributed by atoms with E-state index in [1.807, 2.05) is 6.92 Å². The fraction of sp³-hybridized carbons (Fsp3) is 0.600. The minimum Gasteiger partial charge on any atom is -0.352 e. The fourth-order valence-electron chi connectivity index (χ4n) is 1.80. The molecule has 0 aromatic carbocycles. The number of carbonyl (C=O) groups excluding carboxylic acids is 1. The third kappa shape index (κ3) is 2.36. The van der Waals surface area contributed by atoms with Gasteiger partial charge in [0.25, 0.3) is 5.91 Å². The van der Waals surface area contributed by atoms with E-state index in [1.54, 1.807) is 6.20 Å². The molecule has 1 amide bonds. The van der Waals surface area contributed by atoms with E-state index in [9.17, 15) is 4.79 Å². The highest BCUT2D eigenvalue weighted by Gasteiger charge is 2.16. The Morgan fingerprint density at radius 3 is 3.20 bits per heavy atom. The van der Waals surface area contributed by atoms with Gasteiger partial charge >= 0.3 is 0 Å². The summed E-state index contributed by atoms with van der Waals surface area (Å²) < 4.78 is 0. The standard InChI is InChI=1S/C10H16N4O/c1-7-9(6-13-14-7)10(15)12-5-8-2-3-11-4-8/h6,8,11H,2-5H2,1H3,(H,12,15)(H,13,14). The van der Waals surface area contributed by atoms with Gasteiger partial charge < -0.3 is 10.6 Å². The molecule has 3 N–H and O–H groups in total. The Morgan fingerprint density at radius 1 is 1.73 bits per heavy atom. The van der Waals surface area contributed by atoms with Gasteiger partial charge in [0.2, 0.25) is 0 Å². The molecule has 1 saturated heterocycles. The molecule has 1 aromatic rings. The minimum atomic E-state index is -0.0341. The summed E-state index contributed by atoms with van der Waals surface area (Å²) in [5.41, 5.74) is 1.46. The van der Waals surface area contributed by atoms with Crippen molar-refractivity contribution in [1.29, 1.82) is 0 Å². The topological polar surface area (TPSA) is 69.8 Å². The smallest absolute Gasteiger partial charge is 0.254 e. The minimum absolute atomic E-state index is 0.0341. The fourth-order valence-corrected chi connectivity index (χ4v) is 1.80. The number of rotatable bonds is 3. The molecule has 82 valence electrons. The lowest BCUT2D eigenvalue weighted by atomic mass is 10.1. The summed E-state index contributed by atoms with van der Waals surface area (Å²) in [4.78, 5) is 11.7. The number of hydrogen-bond acceptors (Lipinski definition) is 3. The second-order valence-corrected chi connectivity index (χ2v) is 3.98. The predicted molar refractivity (Wildman–Crippen MR) is 56.6 cm³/mol. The molecule has 2 rings (SSSR count). The number of nitrogens with zero attached hydrogens (tertiary/aromatic N) is 1. The third-order valence-corrected chi connectivity index (χ3v) is 2.79. The van der Waals surface area contributed by atoms with Crippen LogP contribution in [0.1, 0.15) is 22.5 Å². The molecule has 0 aliphatic carbocycles. The predicted octanol–water partition coefficient (Wildman–Crippen LogP) is 0.0574. The number of nitrogens with one attached hydrogen (secondary N) is 3. The molecule has 2 heterocycles. The second-order valence-electron chi connectivity index (χ2n) is 3.98. The molecule has 1 atom stereocenters. The molecule has 1 fully saturated rings. The highest BCUT2D eigenvalue weighted by Crippen LogP contribution is 2.07. The lowest BCUT2D eigenvalue weighted by molar-refractivity contribution is 0.0947. The van der Waals surface area contributed by atoms with E-state index >= 15 is 0 Å². The summed E-state index contributed by atoms with van der Waals surface area (Å²) in [6.07, 6.45) is 2.71. The molecule has 1 aliphatic rings. The Kier molecular flexibility index (Phi) is 3.01. The lowest BCUT2D eigenvalue weighted by Crippen LogP contribution is -2.30. The number of hydrogen-bond donors (Lipinski definition) is 3. The van der Waals surface area contributed by atoms with Crippen molar-refractivity contribution in [2.24, 2.45) is 5.92 Å². The first-order valence-corrected chi connectivity index (χ1v) is 5.26. The number of carbonyl (C=O) groups is 1. The van der Waals surface area contributed by atoms with Crippen molar-refractivity contribution in [3.8, 4) is 0 Å². The molecule has 15 heavy (non-hydrogen) atoms. The third-order valence-electron chi connectivity index (χ3n) is 2.79. The van der Waals surface area contributed by atoms with Gasteiger partial charge in [0.05, 0.1) is 11.8 Å². The van der Waals surface area contributed by atoms with Gasteiger partial charge in [0.15, 0.2) is 0 Å². The first-order valence-electron chi connectivity index (χ1n) is 5.26. The molecule has 0 saturated carbocycles. The molecular formula is C10H16N4O. The van der Waals surface area contributed by atoms with E-state index in [0.717, 1.165) is 31.7 Å². The highest BCUT2D eigenvalue weighted by atomic mass is 16.1. The van der Waals surface area contributed by atoms with E-state index in [2.05, 4.69) is 20.8 Å². The maximum atomic E-state index is 11.7. The van der Waals surface area contributed by atoms with Gasteiger partial charge in [-0.25, -0.2) is 0 Å². The summed E-state index contributed by atoms with van der Waals surface area (Å²) >= 11 is 0. The number of amides is 1. The van der Waals surface area contributed by atoms with E-state index in [1.165, 1.54) is 0 Å². The van der Waals surface area contributed by atoms with E-state index in [-0.39, 0.29) is 5.91 Å². The summed E-state index contributed by atoms with van der Waals surface area (Å²) in [5, 5.41) is 12.8. The Labute approximate surface area is 88.6 Å². The Morgan fingerprint density at radius 2 is 2.60 bits per heavy atom. The van der Waals surface area contributed by atoms with Crippen LogP contribution in [0.3, 0.4) is 0 Å². The molecule has 0 radical (unpaired) electrons. The monoisotopic (exact) mass is 208 g/mol. The highest BCUT2D eigenvalue weighted by molar-refractivity contribution is 5.94. The SMILES string of the molecule is Cc1[nH]ncc1C(=O)NCC1CCNC1. The van der Waals surface area contributed by atoms with Gasteiger partial charge in [-0.2, -0.15) is 5.10 Å². The van der Waals surface area contributed by atoms with Crippen LogP contribution in [0.5, 0.6) is 0 Å². The van der Waals surface area contributed by atoms with Crippen LogP contribution in [0.4, 0.5) is 0 Å². The van der Waals surface area contributed by atoms with E-state index < -0.39 is 0 Å². The average molecular weight is 208 g/mol. The summed E-state index contributed by atoms with van der Waals surface area (Å²) in [6.45, 7) is 4.66. The van der Waals surface area contributed by atoms with Crippen LogP contribution >= 0.6 is 0 Å². The van der Waals surface area contributed by atoms with Crippen LogP contribution in [-0.4, -0.2) is 35.7 Å². The van der Waals surface area contributed by atoms with Crippen molar-refractivity contribution in [2.75, 3.05) is 19.6 Å². The maximum absolute atomic E-state index is 11.7. The van der Waals surface area contributed by atoms with Crippen LogP contribution in [0.25, 0.3) is 0 Å². The number of aryl methyl sites for hydroxylation is 1. The van der Waals surface area contributed by atoms with Crippen molar-refractivity contribution >= 4 is 5.91 Å². The largest absolute Gasteiger partial charge is 0.352 e. The van der Waals surface area contributed by atoms with Crippen molar-refractivity contribution in [3.63, 3.8) is 0 Å². The normalized spacial score (nSPS) is 20.5. The molecule has 5 nitrogen and oxygen atoms in total. The van der Waals surface area contributed by atoms with Gasteiger partial charge in [-0.1, -0.05) is 0 Å². The van der Waals surface area contributed by atoms with Crippen LogP contribution in [0, 0.1) is 12.8 Å². The van der Waals surface area contributed by atoms with Crippen molar-refractivity contribution in [1.82, 2.24) is 20.8 Å². The van der Waals surface area contributed by atoms with Crippen LogP contribution in [-0.2, 0) is 0 Å². The molecule has 5 heteroatoms.